The van der Waals surface area contributed by atoms with Gasteiger partial charge in [0.2, 0.25) is 0 Å². The molecule has 0 spiro atoms. The van der Waals surface area contributed by atoms with Crippen molar-refractivity contribution < 1.29 is 49.0 Å². The zero-order chi connectivity index (χ0) is 31.2. The summed E-state index contributed by atoms with van der Waals surface area (Å²) in [7, 11) is 0. The molecule has 0 radical (unpaired) electrons. The normalized spacial score (nSPS) is 24.2. The van der Waals surface area contributed by atoms with Crippen molar-refractivity contribution in [2.24, 2.45) is 27.6 Å². The van der Waals surface area contributed by atoms with Crippen LogP contribution in [0.1, 0.15) is 90.5 Å². The van der Waals surface area contributed by atoms with E-state index in [0.717, 1.165) is 6.42 Å². The van der Waals surface area contributed by atoms with Crippen LogP contribution in [0.4, 0.5) is 0 Å². The summed E-state index contributed by atoms with van der Waals surface area (Å²) in [4.78, 5) is 0. The van der Waals surface area contributed by atoms with E-state index in [-0.39, 0.29) is 46.5 Å². The van der Waals surface area contributed by atoms with Crippen molar-refractivity contribution in [3.63, 3.8) is 0 Å². The Hall–Kier alpha value is -1.79. The maximum Gasteiger partial charge on any atom is -0.172 e. The van der Waals surface area contributed by atoms with E-state index >= 15 is 0 Å². The zero-order valence-electron chi connectivity index (χ0n) is 28.7. The number of hydrogen-bond acceptors (Lipinski definition) is 0. The quantitative estimate of drug-likeness (QED) is 0.309. The van der Waals surface area contributed by atoms with Crippen molar-refractivity contribution >= 4 is 9.28 Å². The molecule has 0 nitrogen and oxygen atoms in total. The molecule has 3 aromatic carbocycles. The van der Waals surface area contributed by atoms with Crippen LogP contribution in [0.25, 0.3) is 5.57 Å². The first-order valence-electron chi connectivity index (χ1n) is 16.1. The maximum atomic E-state index is 2.62. The molecule has 2 unspecified atom stereocenters. The molecule has 0 heterocycles. The van der Waals surface area contributed by atoms with Gasteiger partial charge in [-0.25, -0.2) is 18.1 Å². The number of halogens is 2. The van der Waals surface area contributed by atoms with Crippen molar-refractivity contribution in [1.82, 2.24) is 0 Å². The average Bonchev–Trinajstić information content (AvgIpc) is 3.69. The van der Waals surface area contributed by atoms with Gasteiger partial charge in [0.05, 0.1) is 0 Å². The SMILES string of the molecule is C[C-]1C2=C3Cc4ccccc4C3=C3C=CCCC3C2(C)C(C)(C)C(C)(C)C1(C)C.Cc1ccc([CH]=[Zr+2])cc1.[Cl-].[Cl-].c1cc[cH-]c1. The van der Waals surface area contributed by atoms with E-state index in [9.17, 15) is 0 Å². The Kier molecular flexibility index (Phi) is 11.8. The smallest absolute Gasteiger partial charge is 0.172 e. The standard InChI is InChI=1S/C29H37.C8H8.C5H5.2ClH.Zr/c1-18-25-22-17-19-13-9-10-14-20(19)24(22)21-15-11-12-16-23(21)29(25,8)28(6,7)27(4,5)26(18,2)3;1-7-3-5-8(2)6-4-7;1-2-4-5-3-1;;;/h9-11,13-15,23H,12,16-17H2,1-8H3;1,3-6H,2H3;1-5H;2*1H;/q-1;;-1;;;+2/p-2. The van der Waals surface area contributed by atoms with E-state index in [1.807, 2.05) is 30.3 Å². The van der Waals surface area contributed by atoms with E-state index in [1.165, 1.54) is 59.3 Å². The number of hydrogen-bond donors (Lipinski definition) is 0. The summed E-state index contributed by atoms with van der Waals surface area (Å²) in [6.45, 7) is 22.4. The first-order valence-corrected chi connectivity index (χ1v) is 17.5. The molecule has 0 saturated heterocycles. The number of rotatable bonds is 1. The van der Waals surface area contributed by atoms with E-state index in [1.54, 1.807) is 28.2 Å². The molecule has 7 rings (SSSR count). The first-order chi connectivity index (χ1) is 20.3. The molecule has 1 fully saturated rings. The fourth-order valence-corrected chi connectivity index (χ4v) is 9.02. The van der Waals surface area contributed by atoms with Crippen molar-refractivity contribution in [2.45, 2.75) is 81.6 Å². The van der Waals surface area contributed by atoms with Gasteiger partial charge in [-0.3, -0.25) is 0 Å². The van der Waals surface area contributed by atoms with Crippen LogP contribution in [-0.2, 0) is 30.7 Å². The molecular formula is C42H50Cl2Zr-2. The molecule has 238 valence electrons. The van der Waals surface area contributed by atoms with Crippen LogP contribution >= 0.6 is 0 Å². The summed E-state index contributed by atoms with van der Waals surface area (Å²) in [5.41, 5.74) is 13.0. The van der Waals surface area contributed by atoms with Gasteiger partial charge in [-0.15, -0.1) is 6.92 Å². The summed E-state index contributed by atoms with van der Waals surface area (Å²) < 4.78 is 2.19. The minimum absolute atomic E-state index is 0. The second-order valence-electron chi connectivity index (χ2n) is 14.8. The van der Waals surface area contributed by atoms with Gasteiger partial charge in [0, 0.05) is 0 Å². The average molecular weight is 717 g/mol. The Bertz CT molecular complexity index is 1550. The van der Waals surface area contributed by atoms with Crippen LogP contribution in [0.3, 0.4) is 0 Å². The number of allylic oxidation sites excluding steroid dienone is 6. The Balaban J connectivity index is 0.000000286. The van der Waals surface area contributed by atoms with Gasteiger partial charge in [-0.05, 0) is 40.6 Å². The molecule has 4 aliphatic rings. The van der Waals surface area contributed by atoms with Gasteiger partial charge in [-0.1, -0.05) is 113 Å². The second kappa shape index (κ2) is 14.1. The molecule has 3 aromatic rings. The molecule has 45 heavy (non-hydrogen) atoms. The Morgan fingerprint density at radius 1 is 0.844 bits per heavy atom. The van der Waals surface area contributed by atoms with E-state index in [0.29, 0.717) is 5.92 Å². The van der Waals surface area contributed by atoms with Gasteiger partial charge < -0.3 is 24.8 Å². The van der Waals surface area contributed by atoms with Gasteiger partial charge >= 0.3 is 70.3 Å². The Morgan fingerprint density at radius 3 is 2.04 bits per heavy atom. The first kappa shape index (κ1) is 37.7. The summed E-state index contributed by atoms with van der Waals surface area (Å²) in [5.74, 6) is 2.24. The molecular weight excluding hydrogens is 667 g/mol. The van der Waals surface area contributed by atoms with Gasteiger partial charge in [-0.2, -0.15) is 29.3 Å². The van der Waals surface area contributed by atoms with Crippen molar-refractivity contribution in [3.8, 4) is 0 Å². The van der Waals surface area contributed by atoms with Gasteiger partial charge in [0.15, 0.2) is 0 Å². The number of fused-ring (bicyclic) bond motifs is 6. The Morgan fingerprint density at radius 2 is 1.47 bits per heavy atom. The minimum Gasteiger partial charge on any atom is -1.00 e. The monoisotopic (exact) mass is 714 g/mol. The molecule has 0 aliphatic heterocycles. The van der Waals surface area contributed by atoms with Crippen molar-refractivity contribution in [2.75, 3.05) is 0 Å². The third-order valence-electron chi connectivity index (χ3n) is 12.6. The third kappa shape index (κ3) is 6.05. The zero-order valence-corrected chi connectivity index (χ0v) is 32.7. The van der Waals surface area contributed by atoms with E-state index in [2.05, 4.69) is 127 Å². The van der Waals surface area contributed by atoms with E-state index < -0.39 is 0 Å². The predicted octanol–water partition coefficient (Wildman–Crippen LogP) is 5.07. The number of aryl methyl sites for hydroxylation is 1. The summed E-state index contributed by atoms with van der Waals surface area (Å²) in [6.07, 6.45) is 8.50. The van der Waals surface area contributed by atoms with Gasteiger partial charge in [0.1, 0.15) is 0 Å². The van der Waals surface area contributed by atoms with Crippen molar-refractivity contribution in [3.05, 3.63) is 136 Å². The third-order valence-corrected chi connectivity index (χ3v) is 13.4. The molecule has 0 N–H and O–H groups in total. The Labute approximate surface area is 301 Å². The molecule has 4 aliphatic carbocycles. The summed E-state index contributed by atoms with van der Waals surface area (Å²) in [6, 6.07) is 27.7. The molecule has 0 bridgehead atoms. The summed E-state index contributed by atoms with van der Waals surface area (Å²) >= 11 is 1.47. The van der Waals surface area contributed by atoms with Crippen LogP contribution < -0.4 is 24.8 Å². The van der Waals surface area contributed by atoms with Crippen molar-refractivity contribution in [1.29, 1.82) is 0 Å². The molecule has 3 heteroatoms. The molecule has 1 saturated carbocycles. The fourth-order valence-electron chi connectivity index (χ4n) is 8.55. The van der Waals surface area contributed by atoms with Crippen LogP contribution in [0.2, 0.25) is 0 Å². The van der Waals surface area contributed by atoms with E-state index in [4.69, 9.17) is 0 Å². The second-order valence-corrected chi connectivity index (χ2v) is 15.5. The molecule has 2 atom stereocenters. The summed E-state index contributed by atoms with van der Waals surface area (Å²) in [5, 5.41) is 0. The molecule has 0 amide bonds. The topological polar surface area (TPSA) is 0 Å². The van der Waals surface area contributed by atoms with Gasteiger partial charge in [0.25, 0.3) is 0 Å². The van der Waals surface area contributed by atoms with Crippen LogP contribution in [0.15, 0.2) is 108 Å². The maximum absolute atomic E-state index is 2.62. The largest absolute Gasteiger partial charge is 1.00 e. The fraction of sp³-hybridized carbons (Fsp3) is 0.405. The number of benzene rings is 2. The van der Waals surface area contributed by atoms with Crippen LogP contribution in [0, 0.1) is 40.4 Å². The molecule has 0 aromatic heterocycles. The van der Waals surface area contributed by atoms with Crippen LogP contribution in [0.5, 0.6) is 0 Å². The predicted molar refractivity (Wildman–Crippen MR) is 183 cm³/mol. The minimum atomic E-state index is 0. The van der Waals surface area contributed by atoms with Crippen LogP contribution in [-0.4, -0.2) is 3.71 Å².